The van der Waals surface area contributed by atoms with Gasteiger partial charge in [0, 0.05) is 4.83 Å². The molecule has 2 aliphatic carbocycles. The van der Waals surface area contributed by atoms with Gasteiger partial charge in [0.1, 0.15) is 0 Å². The average Bonchev–Trinajstić information content (AvgIpc) is 2.47. The molecule has 104 valence electrons. The summed E-state index contributed by atoms with van der Waals surface area (Å²) in [7, 11) is 0. The number of fused-ring (bicyclic) bond motifs is 1. The van der Waals surface area contributed by atoms with Crippen LogP contribution in [-0.2, 0) is 12.8 Å². The lowest BCUT2D eigenvalue weighted by molar-refractivity contribution is 0.213. The average molecular weight is 321 g/mol. The first-order valence-corrected chi connectivity index (χ1v) is 8.86. The van der Waals surface area contributed by atoms with Crippen molar-refractivity contribution in [3.63, 3.8) is 0 Å². The topological polar surface area (TPSA) is 0 Å². The van der Waals surface area contributed by atoms with Crippen LogP contribution in [0.25, 0.3) is 0 Å². The summed E-state index contributed by atoms with van der Waals surface area (Å²) < 4.78 is 0. The standard InChI is InChI=1S/C18H25Br/c1-18(11-5-2-6-12-18)17(19)16-10-9-14-7-3-4-8-15(14)13-16/h9-10,13,17H,2-8,11-12H2,1H3. The Hall–Kier alpha value is -0.300. The van der Waals surface area contributed by atoms with E-state index >= 15 is 0 Å². The van der Waals surface area contributed by atoms with Crippen LogP contribution < -0.4 is 0 Å². The largest absolute Gasteiger partial charge is 0.0833 e. The predicted octanol–water partition coefficient (Wildman–Crippen LogP) is 5.97. The zero-order chi connectivity index (χ0) is 13.3. The second-order valence-electron chi connectivity index (χ2n) is 6.81. The van der Waals surface area contributed by atoms with Crippen LogP contribution >= 0.6 is 15.9 Å². The SMILES string of the molecule is CC1(C(Br)c2ccc3c(c2)CCCC3)CCCCC1. The van der Waals surface area contributed by atoms with Gasteiger partial charge in [-0.3, -0.25) is 0 Å². The third-order valence-corrected chi connectivity index (χ3v) is 6.91. The Morgan fingerprint density at radius 1 is 0.947 bits per heavy atom. The highest BCUT2D eigenvalue weighted by molar-refractivity contribution is 9.09. The Morgan fingerprint density at radius 2 is 1.63 bits per heavy atom. The summed E-state index contributed by atoms with van der Waals surface area (Å²) in [4.78, 5) is 0.535. The van der Waals surface area contributed by atoms with Crippen LogP contribution in [0.15, 0.2) is 18.2 Å². The van der Waals surface area contributed by atoms with E-state index in [0.29, 0.717) is 10.2 Å². The van der Waals surface area contributed by atoms with Crippen LogP contribution in [-0.4, -0.2) is 0 Å². The fourth-order valence-corrected chi connectivity index (χ4v) is 4.67. The Labute approximate surface area is 126 Å². The summed E-state index contributed by atoms with van der Waals surface area (Å²) in [5.74, 6) is 0. The summed E-state index contributed by atoms with van der Waals surface area (Å²) in [6, 6.07) is 7.27. The Balaban J connectivity index is 1.84. The van der Waals surface area contributed by atoms with Crippen LogP contribution in [0.5, 0.6) is 0 Å². The third-order valence-electron chi connectivity index (χ3n) is 5.27. The number of rotatable bonds is 2. The first kappa shape index (κ1) is 13.7. The van der Waals surface area contributed by atoms with E-state index in [1.165, 1.54) is 63.4 Å². The molecular weight excluding hydrogens is 296 g/mol. The molecule has 0 radical (unpaired) electrons. The lowest BCUT2D eigenvalue weighted by Gasteiger charge is -2.38. The van der Waals surface area contributed by atoms with Crippen molar-refractivity contribution in [1.29, 1.82) is 0 Å². The van der Waals surface area contributed by atoms with E-state index in [1.807, 2.05) is 0 Å². The van der Waals surface area contributed by atoms with E-state index in [2.05, 4.69) is 41.1 Å². The Kier molecular flexibility index (Phi) is 4.03. The molecular formula is C18H25Br. The molecule has 1 aromatic carbocycles. The number of hydrogen-bond acceptors (Lipinski definition) is 0. The van der Waals surface area contributed by atoms with Crippen molar-refractivity contribution in [2.45, 2.75) is 69.5 Å². The molecule has 1 atom stereocenters. The Morgan fingerprint density at radius 3 is 2.37 bits per heavy atom. The fourth-order valence-electron chi connectivity index (χ4n) is 3.93. The van der Waals surface area contributed by atoms with Crippen LogP contribution in [0.2, 0.25) is 0 Å². The molecule has 0 bridgehead atoms. The molecule has 0 heterocycles. The van der Waals surface area contributed by atoms with E-state index in [9.17, 15) is 0 Å². The fraction of sp³-hybridized carbons (Fsp3) is 0.667. The molecule has 0 saturated heterocycles. The first-order chi connectivity index (χ1) is 9.19. The summed E-state index contributed by atoms with van der Waals surface area (Å²) >= 11 is 4.03. The van der Waals surface area contributed by atoms with Gasteiger partial charge in [-0.15, -0.1) is 0 Å². The minimum Gasteiger partial charge on any atom is -0.0833 e. The zero-order valence-corrected chi connectivity index (χ0v) is 13.6. The predicted molar refractivity (Wildman–Crippen MR) is 85.9 cm³/mol. The lowest BCUT2D eigenvalue weighted by Crippen LogP contribution is -2.25. The molecule has 1 saturated carbocycles. The van der Waals surface area contributed by atoms with E-state index in [4.69, 9.17) is 0 Å². The maximum absolute atomic E-state index is 4.03. The van der Waals surface area contributed by atoms with Crippen molar-refractivity contribution in [1.82, 2.24) is 0 Å². The van der Waals surface area contributed by atoms with Gasteiger partial charge < -0.3 is 0 Å². The molecule has 0 spiro atoms. The van der Waals surface area contributed by atoms with Gasteiger partial charge in [-0.25, -0.2) is 0 Å². The number of benzene rings is 1. The summed E-state index contributed by atoms with van der Waals surface area (Å²) in [5, 5.41) is 0. The lowest BCUT2D eigenvalue weighted by atomic mass is 9.71. The maximum Gasteiger partial charge on any atom is 0.0449 e. The van der Waals surface area contributed by atoms with Crippen LogP contribution in [0.4, 0.5) is 0 Å². The zero-order valence-electron chi connectivity index (χ0n) is 12.1. The third kappa shape index (κ3) is 2.77. The van der Waals surface area contributed by atoms with E-state index in [1.54, 1.807) is 11.1 Å². The number of halogens is 1. The molecule has 19 heavy (non-hydrogen) atoms. The summed E-state index contributed by atoms with van der Waals surface area (Å²) in [5.41, 5.74) is 5.20. The monoisotopic (exact) mass is 320 g/mol. The van der Waals surface area contributed by atoms with Crippen LogP contribution in [0.1, 0.15) is 73.4 Å². The molecule has 0 N–H and O–H groups in total. The van der Waals surface area contributed by atoms with Crippen LogP contribution in [0.3, 0.4) is 0 Å². The van der Waals surface area contributed by atoms with Crippen molar-refractivity contribution in [3.8, 4) is 0 Å². The molecule has 0 nitrogen and oxygen atoms in total. The molecule has 3 rings (SSSR count). The number of hydrogen-bond donors (Lipinski definition) is 0. The highest BCUT2D eigenvalue weighted by Crippen LogP contribution is 2.50. The molecule has 0 amide bonds. The molecule has 2 aliphatic rings. The van der Waals surface area contributed by atoms with Crippen molar-refractivity contribution in [2.24, 2.45) is 5.41 Å². The van der Waals surface area contributed by atoms with E-state index in [0.717, 1.165) is 0 Å². The van der Waals surface area contributed by atoms with Crippen molar-refractivity contribution >= 4 is 15.9 Å². The number of alkyl halides is 1. The number of aryl methyl sites for hydroxylation is 2. The van der Waals surface area contributed by atoms with Gasteiger partial charge in [-0.2, -0.15) is 0 Å². The smallest absolute Gasteiger partial charge is 0.0449 e. The van der Waals surface area contributed by atoms with Gasteiger partial charge in [0.2, 0.25) is 0 Å². The normalized spacial score (nSPS) is 23.7. The van der Waals surface area contributed by atoms with E-state index in [-0.39, 0.29) is 0 Å². The first-order valence-electron chi connectivity index (χ1n) is 7.95. The van der Waals surface area contributed by atoms with Gasteiger partial charge in [0.05, 0.1) is 0 Å². The minimum atomic E-state index is 0.459. The molecule has 0 aromatic heterocycles. The van der Waals surface area contributed by atoms with Gasteiger partial charge in [-0.1, -0.05) is 60.3 Å². The second kappa shape index (κ2) is 5.60. The maximum atomic E-state index is 4.03. The van der Waals surface area contributed by atoms with Gasteiger partial charge in [-0.05, 0) is 60.6 Å². The Bertz CT molecular complexity index is 443. The van der Waals surface area contributed by atoms with Gasteiger partial charge in [0.15, 0.2) is 0 Å². The molecule has 1 fully saturated rings. The van der Waals surface area contributed by atoms with Gasteiger partial charge in [0.25, 0.3) is 0 Å². The molecule has 0 aliphatic heterocycles. The van der Waals surface area contributed by atoms with E-state index < -0.39 is 0 Å². The van der Waals surface area contributed by atoms with Crippen molar-refractivity contribution in [3.05, 3.63) is 34.9 Å². The summed E-state index contributed by atoms with van der Waals surface area (Å²) in [6.45, 7) is 2.48. The van der Waals surface area contributed by atoms with Gasteiger partial charge >= 0.3 is 0 Å². The molecule has 1 aromatic rings. The molecule has 1 unspecified atom stereocenters. The minimum absolute atomic E-state index is 0.459. The summed E-state index contributed by atoms with van der Waals surface area (Å²) in [6.07, 6.45) is 12.3. The van der Waals surface area contributed by atoms with Crippen molar-refractivity contribution in [2.75, 3.05) is 0 Å². The van der Waals surface area contributed by atoms with Crippen molar-refractivity contribution < 1.29 is 0 Å². The van der Waals surface area contributed by atoms with Crippen LogP contribution in [0, 0.1) is 5.41 Å². The highest BCUT2D eigenvalue weighted by atomic mass is 79.9. The second-order valence-corrected chi connectivity index (χ2v) is 7.73. The quantitative estimate of drug-likeness (QED) is 0.589. The molecule has 1 heteroatoms. The highest BCUT2D eigenvalue weighted by Gasteiger charge is 2.35.